The van der Waals surface area contributed by atoms with Crippen molar-refractivity contribution in [1.82, 2.24) is 0 Å². The summed E-state index contributed by atoms with van der Waals surface area (Å²) in [5, 5.41) is 10.2. The van der Waals surface area contributed by atoms with Crippen LogP contribution in [-0.2, 0) is 23.9 Å². The van der Waals surface area contributed by atoms with Crippen LogP contribution in [0.2, 0.25) is 0 Å². The lowest BCUT2D eigenvalue weighted by atomic mass is 9.93. The summed E-state index contributed by atoms with van der Waals surface area (Å²) >= 11 is 0. The van der Waals surface area contributed by atoms with Crippen molar-refractivity contribution in [3.8, 4) is 0 Å². The van der Waals surface area contributed by atoms with Gasteiger partial charge in [0.15, 0.2) is 0 Å². The molecule has 0 fully saturated rings. The van der Waals surface area contributed by atoms with Crippen LogP contribution in [0.5, 0.6) is 0 Å². The molecule has 6 nitrogen and oxygen atoms in total. The summed E-state index contributed by atoms with van der Waals surface area (Å²) < 4.78 is 9.90. The summed E-state index contributed by atoms with van der Waals surface area (Å²) in [6, 6.07) is 0. The van der Waals surface area contributed by atoms with Gasteiger partial charge in [-0.3, -0.25) is 4.79 Å². The number of esters is 2. The summed E-state index contributed by atoms with van der Waals surface area (Å²) in [7, 11) is 0. The molecule has 0 saturated carbocycles. The van der Waals surface area contributed by atoms with Gasteiger partial charge in [-0.05, 0) is 25.3 Å². The van der Waals surface area contributed by atoms with Crippen molar-refractivity contribution in [2.24, 2.45) is 0 Å². The Morgan fingerprint density at radius 3 is 2.71 bits per heavy atom. The molecule has 1 aliphatic carbocycles. The summed E-state index contributed by atoms with van der Waals surface area (Å²) in [6.45, 7) is 1.87. The molecule has 0 spiro atoms. The van der Waals surface area contributed by atoms with E-state index in [1.165, 1.54) is 0 Å². The molecule has 0 aromatic heterocycles. The molecule has 0 aromatic carbocycles. The minimum Gasteiger partial charge on any atom is -0.511 e. The third-order valence-corrected chi connectivity index (χ3v) is 3.53. The number of carbonyl (C=O) groups excluding carboxylic acids is 3. The molecular weight excluding hydrogens is 276 g/mol. The van der Waals surface area contributed by atoms with Crippen molar-refractivity contribution in [2.75, 3.05) is 13.2 Å². The number of ether oxygens (including phenoxy) is 2. The van der Waals surface area contributed by atoms with E-state index in [-0.39, 0.29) is 48.7 Å². The van der Waals surface area contributed by atoms with Crippen LogP contribution >= 0.6 is 0 Å². The van der Waals surface area contributed by atoms with Crippen molar-refractivity contribution in [3.63, 3.8) is 0 Å². The molecule has 1 N–H and O–H groups in total. The fourth-order valence-corrected chi connectivity index (χ4v) is 2.49. The molecule has 0 radical (unpaired) electrons. The van der Waals surface area contributed by atoms with Crippen molar-refractivity contribution < 1.29 is 29.0 Å². The number of hydrogen-bond acceptors (Lipinski definition) is 6. The van der Waals surface area contributed by atoms with Crippen molar-refractivity contribution in [3.05, 3.63) is 22.5 Å². The lowest BCUT2D eigenvalue weighted by Gasteiger charge is -2.13. The van der Waals surface area contributed by atoms with Crippen LogP contribution in [0.15, 0.2) is 22.5 Å². The smallest absolute Gasteiger partial charge is 0.342 e. The first kappa shape index (κ1) is 15.3. The molecule has 1 heterocycles. The minimum absolute atomic E-state index is 0.0248. The Balaban J connectivity index is 2.47. The van der Waals surface area contributed by atoms with E-state index in [9.17, 15) is 19.5 Å². The lowest BCUT2D eigenvalue weighted by Crippen LogP contribution is -2.17. The molecule has 0 atom stereocenters. The summed E-state index contributed by atoms with van der Waals surface area (Å²) in [5.41, 5.74) is 0.605. The Morgan fingerprint density at radius 1 is 1.24 bits per heavy atom. The molecule has 2 aliphatic rings. The fourth-order valence-electron chi connectivity index (χ4n) is 2.49. The van der Waals surface area contributed by atoms with E-state index in [1.54, 1.807) is 6.92 Å². The first-order chi connectivity index (χ1) is 10.0. The molecule has 0 unspecified atom stereocenters. The van der Waals surface area contributed by atoms with Gasteiger partial charge in [-0.15, -0.1) is 0 Å². The maximum atomic E-state index is 12.1. The molecule has 2 rings (SSSR count). The number of aliphatic hydroxyl groups excluding tert-OH is 1. The van der Waals surface area contributed by atoms with Gasteiger partial charge in [0, 0.05) is 19.3 Å². The number of ketones is 1. The molecule has 0 bridgehead atoms. The number of allylic oxidation sites excluding steroid dienone is 1. The van der Waals surface area contributed by atoms with Gasteiger partial charge in [-0.1, -0.05) is 0 Å². The van der Waals surface area contributed by atoms with Crippen LogP contribution in [0, 0.1) is 0 Å². The fraction of sp³-hybridized carbons (Fsp3) is 0.533. The highest BCUT2D eigenvalue weighted by molar-refractivity contribution is 6.09. The van der Waals surface area contributed by atoms with Crippen LogP contribution in [-0.4, -0.2) is 36.0 Å². The number of Topliss-reactive ketones (excluding diaryl/α,β-unsaturated/α-hetero) is 1. The highest BCUT2D eigenvalue weighted by atomic mass is 16.5. The molecule has 0 saturated heterocycles. The van der Waals surface area contributed by atoms with E-state index in [0.717, 1.165) is 0 Å². The summed E-state index contributed by atoms with van der Waals surface area (Å²) in [4.78, 5) is 35.6. The molecule has 6 heteroatoms. The second-order valence-electron chi connectivity index (χ2n) is 4.99. The zero-order valence-electron chi connectivity index (χ0n) is 11.9. The quantitative estimate of drug-likeness (QED) is 0.780. The van der Waals surface area contributed by atoms with E-state index >= 15 is 0 Å². The third-order valence-electron chi connectivity index (χ3n) is 3.53. The number of hydrogen-bond donors (Lipinski definition) is 1. The van der Waals surface area contributed by atoms with Crippen molar-refractivity contribution >= 4 is 17.7 Å². The number of rotatable bonds is 2. The Kier molecular flexibility index (Phi) is 4.77. The first-order valence-electron chi connectivity index (χ1n) is 7.05. The first-order valence-corrected chi connectivity index (χ1v) is 7.05. The van der Waals surface area contributed by atoms with Gasteiger partial charge in [-0.2, -0.15) is 0 Å². The zero-order valence-corrected chi connectivity index (χ0v) is 11.9. The number of cyclic esters (lactones) is 1. The van der Waals surface area contributed by atoms with Crippen LogP contribution in [0.25, 0.3) is 0 Å². The molecule has 0 aromatic rings. The van der Waals surface area contributed by atoms with Gasteiger partial charge in [-0.25, -0.2) is 9.59 Å². The van der Waals surface area contributed by atoms with E-state index in [2.05, 4.69) is 0 Å². The predicted molar refractivity (Wildman–Crippen MR) is 72.4 cm³/mol. The summed E-state index contributed by atoms with van der Waals surface area (Å²) in [5.74, 6) is -1.63. The van der Waals surface area contributed by atoms with Gasteiger partial charge < -0.3 is 14.6 Å². The Hall–Kier alpha value is -2.11. The Labute approximate surface area is 122 Å². The third kappa shape index (κ3) is 3.32. The largest absolute Gasteiger partial charge is 0.511 e. The average Bonchev–Trinajstić information content (AvgIpc) is 2.79. The van der Waals surface area contributed by atoms with Crippen LogP contribution < -0.4 is 0 Å². The van der Waals surface area contributed by atoms with Crippen LogP contribution in [0.4, 0.5) is 0 Å². The SMILES string of the molecule is CCOC(=O)/C1=C(\O)CCC(=O)CCCC2=C1C(=O)OC2. The maximum absolute atomic E-state index is 12.1. The van der Waals surface area contributed by atoms with Gasteiger partial charge in [0.25, 0.3) is 0 Å². The molecule has 21 heavy (non-hydrogen) atoms. The second kappa shape index (κ2) is 6.56. The number of aliphatic hydroxyl groups is 1. The van der Waals surface area contributed by atoms with Gasteiger partial charge in [0.1, 0.15) is 23.7 Å². The lowest BCUT2D eigenvalue weighted by molar-refractivity contribution is -0.141. The van der Waals surface area contributed by atoms with Crippen LogP contribution in [0.3, 0.4) is 0 Å². The van der Waals surface area contributed by atoms with E-state index < -0.39 is 11.9 Å². The molecular formula is C15H18O6. The Bertz CT molecular complexity index is 540. The average molecular weight is 294 g/mol. The highest BCUT2D eigenvalue weighted by Crippen LogP contribution is 2.31. The van der Waals surface area contributed by atoms with Gasteiger partial charge in [0.05, 0.1) is 12.2 Å². The van der Waals surface area contributed by atoms with Crippen molar-refractivity contribution in [1.29, 1.82) is 0 Å². The normalized spacial score (nSPS) is 23.7. The minimum atomic E-state index is -0.755. The summed E-state index contributed by atoms with van der Waals surface area (Å²) in [6.07, 6.45) is 1.66. The van der Waals surface area contributed by atoms with E-state index in [0.29, 0.717) is 24.8 Å². The molecule has 1 aliphatic heterocycles. The standard InChI is InChI=1S/C15H18O6/c1-2-20-15(19)13-11(17)7-6-10(16)5-3-4-9-8-21-14(18)12(9)13/h17H,2-8H2,1H3/b13-11-. The second-order valence-corrected chi connectivity index (χ2v) is 4.99. The number of carbonyl (C=O) groups is 3. The predicted octanol–water partition coefficient (Wildman–Crippen LogP) is 1.75. The monoisotopic (exact) mass is 294 g/mol. The molecule has 0 amide bonds. The Morgan fingerprint density at radius 2 is 2.00 bits per heavy atom. The maximum Gasteiger partial charge on any atom is 0.342 e. The van der Waals surface area contributed by atoms with Crippen LogP contribution in [0.1, 0.15) is 39.0 Å². The van der Waals surface area contributed by atoms with E-state index in [4.69, 9.17) is 9.47 Å². The molecule has 114 valence electrons. The van der Waals surface area contributed by atoms with Gasteiger partial charge >= 0.3 is 11.9 Å². The highest BCUT2D eigenvalue weighted by Gasteiger charge is 2.34. The van der Waals surface area contributed by atoms with E-state index in [1.807, 2.05) is 0 Å². The topological polar surface area (TPSA) is 89.9 Å². The zero-order chi connectivity index (χ0) is 15.4. The van der Waals surface area contributed by atoms with Gasteiger partial charge in [0.2, 0.25) is 0 Å². The van der Waals surface area contributed by atoms with Crippen molar-refractivity contribution in [2.45, 2.75) is 39.0 Å².